The molecular formula is C27H36N4O9. The van der Waals surface area contributed by atoms with Gasteiger partial charge in [0.15, 0.2) is 11.6 Å². The zero-order valence-electron chi connectivity index (χ0n) is 22.6. The average Bonchev–Trinajstić information content (AvgIpc) is 3.31. The molecule has 1 aliphatic rings. The summed E-state index contributed by atoms with van der Waals surface area (Å²) in [5, 5.41) is 14.0. The summed E-state index contributed by atoms with van der Waals surface area (Å²) in [6.45, 7) is 3.30. The number of carboxylic acid groups (broad SMARTS) is 1. The van der Waals surface area contributed by atoms with Crippen molar-refractivity contribution in [3.8, 4) is 0 Å². The van der Waals surface area contributed by atoms with Crippen molar-refractivity contribution in [1.29, 1.82) is 0 Å². The third-order valence-electron chi connectivity index (χ3n) is 6.09. The first kappa shape index (κ1) is 31.9. The van der Waals surface area contributed by atoms with Crippen LogP contribution in [0, 0.1) is 0 Å². The number of hydrogen-bond donors (Lipinski definition) is 3. The Hall–Kier alpha value is -4.29. The van der Waals surface area contributed by atoms with Crippen LogP contribution in [0.1, 0.15) is 51.0 Å². The first-order valence-electron chi connectivity index (χ1n) is 13.2. The van der Waals surface area contributed by atoms with Gasteiger partial charge in [-0.3, -0.25) is 24.0 Å². The van der Waals surface area contributed by atoms with Gasteiger partial charge in [0.2, 0.25) is 5.91 Å². The lowest BCUT2D eigenvalue weighted by molar-refractivity contribution is -0.139. The van der Waals surface area contributed by atoms with E-state index in [2.05, 4.69) is 10.6 Å². The normalized spacial score (nSPS) is 13.6. The van der Waals surface area contributed by atoms with Gasteiger partial charge in [-0.2, -0.15) is 0 Å². The third kappa shape index (κ3) is 11.2. The summed E-state index contributed by atoms with van der Waals surface area (Å²) in [6, 6.07) is 1.84. The van der Waals surface area contributed by atoms with E-state index in [0.717, 1.165) is 0 Å². The van der Waals surface area contributed by atoms with Crippen molar-refractivity contribution < 1.29 is 38.6 Å². The number of carbonyl (C=O) groups excluding carboxylic acids is 5. The molecule has 40 heavy (non-hydrogen) atoms. The van der Waals surface area contributed by atoms with Crippen LogP contribution in [-0.4, -0.2) is 82.3 Å². The van der Waals surface area contributed by atoms with Gasteiger partial charge < -0.3 is 29.9 Å². The summed E-state index contributed by atoms with van der Waals surface area (Å²) in [4.78, 5) is 86.2. The molecule has 0 aliphatic carbocycles. The zero-order valence-corrected chi connectivity index (χ0v) is 22.6. The number of hydrogen-bond acceptors (Lipinski definition) is 8. The van der Waals surface area contributed by atoms with E-state index >= 15 is 0 Å². The molecule has 0 aromatic carbocycles. The number of esters is 1. The Bertz CT molecular complexity index is 1170. The van der Waals surface area contributed by atoms with E-state index in [1.807, 2.05) is 0 Å². The van der Waals surface area contributed by atoms with Crippen LogP contribution in [0.4, 0.5) is 4.79 Å². The summed E-state index contributed by atoms with van der Waals surface area (Å²) in [7, 11) is 0. The molecule has 1 fully saturated rings. The van der Waals surface area contributed by atoms with Crippen molar-refractivity contribution in [3.05, 3.63) is 46.4 Å². The number of Topliss-reactive ketones (excluding diaryl/α,β-unsaturated/α-hetero) is 2. The van der Waals surface area contributed by atoms with Crippen LogP contribution in [0.3, 0.4) is 0 Å². The highest BCUT2D eigenvalue weighted by Gasteiger charge is 2.23. The van der Waals surface area contributed by atoms with Gasteiger partial charge in [-0.15, -0.1) is 0 Å². The van der Waals surface area contributed by atoms with Gasteiger partial charge in [0.25, 0.3) is 5.56 Å². The van der Waals surface area contributed by atoms with Gasteiger partial charge in [-0.25, -0.2) is 9.59 Å². The van der Waals surface area contributed by atoms with Crippen molar-refractivity contribution in [1.82, 2.24) is 20.1 Å². The molecule has 0 saturated carbocycles. The van der Waals surface area contributed by atoms with Gasteiger partial charge in [0, 0.05) is 56.7 Å². The minimum absolute atomic E-state index is 0.113. The molecular weight excluding hydrogens is 524 g/mol. The molecule has 218 valence electrons. The number of rotatable bonds is 18. The maximum Gasteiger partial charge on any atom is 0.330 e. The topological polar surface area (TPSA) is 181 Å². The van der Waals surface area contributed by atoms with Crippen LogP contribution in [0.5, 0.6) is 0 Å². The van der Waals surface area contributed by atoms with Crippen LogP contribution in [0.15, 0.2) is 35.3 Å². The molecule has 13 heteroatoms. The highest BCUT2D eigenvalue weighted by molar-refractivity contribution is 5.91. The predicted octanol–water partition coefficient (Wildman–Crippen LogP) is 0.584. The number of aliphatic carboxylic acids is 1. The number of carboxylic acids is 1. The van der Waals surface area contributed by atoms with E-state index in [1.165, 1.54) is 29.0 Å². The smallest absolute Gasteiger partial charge is 0.330 e. The van der Waals surface area contributed by atoms with Gasteiger partial charge in [0.05, 0.1) is 25.6 Å². The zero-order chi connectivity index (χ0) is 29.5. The average molecular weight is 561 g/mol. The van der Waals surface area contributed by atoms with E-state index in [-0.39, 0.29) is 62.6 Å². The van der Waals surface area contributed by atoms with Crippen LogP contribution in [-0.2, 0) is 41.7 Å². The van der Waals surface area contributed by atoms with Crippen molar-refractivity contribution in [2.75, 3.05) is 26.2 Å². The maximum atomic E-state index is 13.1. The first-order chi connectivity index (χ1) is 19.1. The summed E-state index contributed by atoms with van der Waals surface area (Å²) in [5.41, 5.74) is -0.373. The minimum atomic E-state index is -1.16. The lowest BCUT2D eigenvalue weighted by Crippen LogP contribution is -2.42. The highest BCUT2D eigenvalue weighted by Crippen LogP contribution is 2.07. The van der Waals surface area contributed by atoms with Crippen LogP contribution in [0.2, 0.25) is 0 Å². The summed E-state index contributed by atoms with van der Waals surface area (Å²) in [6.07, 6.45) is 4.12. The predicted molar refractivity (Wildman–Crippen MR) is 142 cm³/mol. The third-order valence-corrected chi connectivity index (χ3v) is 6.09. The Morgan fingerprint density at radius 1 is 1.18 bits per heavy atom. The molecule has 1 aromatic heterocycles. The monoisotopic (exact) mass is 560 g/mol. The van der Waals surface area contributed by atoms with E-state index in [9.17, 15) is 33.6 Å². The van der Waals surface area contributed by atoms with Crippen molar-refractivity contribution in [2.45, 2.75) is 64.5 Å². The minimum Gasteiger partial charge on any atom is -0.481 e. The van der Waals surface area contributed by atoms with E-state index in [1.54, 1.807) is 17.9 Å². The molecule has 0 unspecified atom stereocenters. The summed E-state index contributed by atoms with van der Waals surface area (Å²) in [5.74, 6) is -2.99. The standard InChI is InChI=1S/C27H36N4O9/c1-2-40-25(37)10-4-3-9-21(29-23(34)11-12-24(35)36)22(33)17-19-7-5-15-31(26(19)38)18-20(32)8-6-14-30-16-13-28-27(30)39/h4-5,7,10,15,21H,2-3,6,8-9,11-14,16-18H2,1H3,(H,28,39)(H,29,34)(H,35,36)/b10-4+/t21-/m0/s1. The number of allylic oxidation sites excluding steroid dienone is 1. The van der Waals surface area contributed by atoms with E-state index in [0.29, 0.717) is 26.1 Å². The van der Waals surface area contributed by atoms with Gasteiger partial charge in [-0.05, 0) is 32.3 Å². The fourth-order valence-corrected chi connectivity index (χ4v) is 4.05. The number of ketones is 2. The summed E-state index contributed by atoms with van der Waals surface area (Å²) < 4.78 is 6.02. The molecule has 1 atom stereocenters. The molecule has 13 nitrogen and oxygen atoms in total. The highest BCUT2D eigenvalue weighted by atomic mass is 16.5. The first-order valence-corrected chi connectivity index (χ1v) is 13.2. The molecule has 0 bridgehead atoms. The molecule has 1 aliphatic heterocycles. The fraction of sp³-hybridized carbons (Fsp3) is 0.519. The summed E-state index contributed by atoms with van der Waals surface area (Å²) >= 11 is 0. The van der Waals surface area contributed by atoms with Crippen LogP contribution in [0.25, 0.3) is 0 Å². The van der Waals surface area contributed by atoms with Crippen molar-refractivity contribution >= 4 is 35.4 Å². The molecule has 1 saturated heterocycles. The molecule has 2 rings (SSSR count). The van der Waals surface area contributed by atoms with Crippen molar-refractivity contribution in [2.24, 2.45) is 0 Å². The number of aromatic nitrogens is 1. The molecule has 3 amide bonds. The Labute approximate surface area is 231 Å². The van der Waals surface area contributed by atoms with Gasteiger partial charge in [0.1, 0.15) is 0 Å². The van der Waals surface area contributed by atoms with E-state index in [4.69, 9.17) is 9.84 Å². The number of carbonyl (C=O) groups is 6. The molecule has 0 radical (unpaired) electrons. The number of urea groups is 1. The molecule has 0 spiro atoms. The second kappa shape index (κ2) is 16.6. The molecule has 3 N–H and O–H groups in total. The largest absolute Gasteiger partial charge is 0.481 e. The maximum absolute atomic E-state index is 13.1. The molecule has 2 heterocycles. The molecule has 1 aromatic rings. The Morgan fingerprint density at radius 2 is 1.95 bits per heavy atom. The Balaban J connectivity index is 2.01. The second-order valence-electron chi connectivity index (χ2n) is 9.22. The van der Waals surface area contributed by atoms with Crippen LogP contribution >= 0.6 is 0 Å². The van der Waals surface area contributed by atoms with E-state index < -0.39 is 41.7 Å². The van der Waals surface area contributed by atoms with Gasteiger partial charge in [-0.1, -0.05) is 12.1 Å². The number of amides is 3. The SMILES string of the molecule is CCOC(=O)/C=C/CC[C@H](NC(=O)CCC(=O)O)C(=O)Cc1cccn(CC(=O)CCCN2CCNC2=O)c1=O. The number of nitrogens with zero attached hydrogens (tertiary/aromatic N) is 2. The number of ether oxygens (including phenoxy) is 1. The fourth-order valence-electron chi connectivity index (χ4n) is 4.05. The Morgan fingerprint density at radius 3 is 2.62 bits per heavy atom. The number of nitrogens with one attached hydrogen (secondary N) is 2. The number of pyridine rings is 1. The lowest BCUT2D eigenvalue weighted by atomic mass is 10.00. The quantitative estimate of drug-likeness (QED) is 0.171. The Kier molecular flexibility index (Phi) is 13.3. The van der Waals surface area contributed by atoms with Crippen LogP contribution < -0.4 is 16.2 Å². The van der Waals surface area contributed by atoms with Crippen molar-refractivity contribution in [3.63, 3.8) is 0 Å². The van der Waals surface area contributed by atoms with Gasteiger partial charge >= 0.3 is 18.0 Å². The second-order valence-corrected chi connectivity index (χ2v) is 9.22. The lowest BCUT2D eigenvalue weighted by Gasteiger charge is -2.17.